The first kappa shape index (κ1) is 21.1. The molecule has 1 N–H and O–H groups in total. The Balaban J connectivity index is 1.33. The maximum atomic E-state index is 13.4. The summed E-state index contributed by atoms with van der Waals surface area (Å²) in [7, 11) is 2.05. The molecule has 3 heterocycles. The summed E-state index contributed by atoms with van der Waals surface area (Å²) < 4.78 is 13.0. The van der Waals surface area contributed by atoms with Crippen LogP contribution in [0.2, 0.25) is 0 Å². The highest BCUT2D eigenvalue weighted by Crippen LogP contribution is 2.33. The Morgan fingerprint density at radius 1 is 1.12 bits per heavy atom. The van der Waals surface area contributed by atoms with E-state index in [1.54, 1.807) is 0 Å². The quantitative estimate of drug-likeness (QED) is 0.654. The Bertz CT molecular complexity index is 1260. The number of para-hydroxylation sites is 1. The van der Waals surface area contributed by atoms with Gasteiger partial charge in [-0.3, -0.25) is 9.59 Å². The Kier molecular flexibility index (Phi) is 5.54. The summed E-state index contributed by atoms with van der Waals surface area (Å²) in [6.45, 7) is 2.78. The van der Waals surface area contributed by atoms with Crippen LogP contribution >= 0.6 is 0 Å². The van der Waals surface area contributed by atoms with Gasteiger partial charge in [0.25, 0.3) is 0 Å². The maximum absolute atomic E-state index is 13.4. The Morgan fingerprint density at radius 2 is 1.94 bits per heavy atom. The van der Waals surface area contributed by atoms with Crippen molar-refractivity contribution in [1.82, 2.24) is 14.8 Å². The molecule has 0 bridgehead atoms. The number of benzene rings is 2. The SMILES string of the molecule is CC(=O)NC(Cc1ccc2c(c1)OCO2)C(=O)N1CC=C(c2cn(C)c3ccccc23)CC1. The number of nitrogens with one attached hydrogen (secondary N) is 1. The normalized spacial score (nSPS) is 15.9. The van der Waals surface area contributed by atoms with Crippen molar-refractivity contribution < 1.29 is 19.1 Å². The van der Waals surface area contributed by atoms with Crippen molar-refractivity contribution in [3.05, 3.63) is 65.9 Å². The van der Waals surface area contributed by atoms with Gasteiger partial charge in [-0.2, -0.15) is 0 Å². The zero-order chi connectivity index (χ0) is 22.9. The molecule has 170 valence electrons. The smallest absolute Gasteiger partial charge is 0.245 e. The molecule has 0 saturated heterocycles. The summed E-state index contributed by atoms with van der Waals surface area (Å²) in [5.41, 5.74) is 4.58. The van der Waals surface area contributed by atoms with E-state index in [4.69, 9.17) is 9.47 Å². The number of nitrogens with zero attached hydrogens (tertiary/aromatic N) is 2. The first-order valence-electron chi connectivity index (χ1n) is 11.2. The second kappa shape index (κ2) is 8.65. The molecule has 2 aliphatic rings. The summed E-state index contributed by atoms with van der Waals surface area (Å²) in [4.78, 5) is 27.0. The van der Waals surface area contributed by atoms with E-state index in [0.717, 1.165) is 12.0 Å². The summed E-state index contributed by atoms with van der Waals surface area (Å²) in [5.74, 6) is 1.07. The number of fused-ring (bicyclic) bond motifs is 2. The predicted octanol–water partition coefficient (Wildman–Crippen LogP) is 3.27. The molecule has 0 saturated carbocycles. The highest BCUT2D eigenvalue weighted by molar-refractivity contribution is 5.94. The van der Waals surface area contributed by atoms with Gasteiger partial charge in [0, 0.05) is 56.1 Å². The van der Waals surface area contributed by atoms with Gasteiger partial charge in [0.1, 0.15) is 6.04 Å². The summed E-state index contributed by atoms with van der Waals surface area (Å²) in [6.07, 6.45) is 5.46. The first-order valence-corrected chi connectivity index (χ1v) is 11.2. The monoisotopic (exact) mass is 445 g/mol. The highest BCUT2D eigenvalue weighted by Gasteiger charge is 2.28. The van der Waals surface area contributed by atoms with Gasteiger partial charge in [-0.1, -0.05) is 30.3 Å². The van der Waals surface area contributed by atoms with E-state index in [0.29, 0.717) is 31.0 Å². The molecule has 7 heteroatoms. The third-order valence-corrected chi connectivity index (χ3v) is 6.32. The van der Waals surface area contributed by atoms with Crippen LogP contribution < -0.4 is 14.8 Å². The van der Waals surface area contributed by atoms with Crippen LogP contribution in [0.1, 0.15) is 24.5 Å². The van der Waals surface area contributed by atoms with E-state index in [1.165, 1.54) is 29.0 Å². The largest absolute Gasteiger partial charge is 0.454 e. The molecule has 1 aromatic heterocycles. The summed E-state index contributed by atoms with van der Waals surface area (Å²) in [6, 6.07) is 13.4. The number of aryl methyl sites for hydroxylation is 1. The molecule has 3 aromatic rings. The number of carbonyl (C=O) groups is 2. The molecule has 5 rings (SSSR count). The second-order valence-electron chi connectivity index (χ2n) is 8.58. The molecule has 0 fully saturated rings. The van der Waals surface area contributed by atoms with Crippen molar-refractivity contribution in [1.29, 1.82) is 0 Å². The lowest BCUT2D eigenvalue weighted by Gasteiger charge is -2.30. The number of hydrogen-bond acceptors (Lipinski definition) is 4. The molecule has 2 aromatic carbocycles. The van der Waals surface area contributed by atoms with Gasteiger partial charge in [0.15, 0.2) is 11.5 Å². The summed E-state index contributed by atoms with van der Waals surface area (Å²) in [5, 5.41) is 4.06. The van der Waals surface area contributed by atoms with Gasteiger partial charge in [-0.25, -0.2) is 0 Å². The summed E-state index contributed by atoms with van der Waals surface area (Å²) >= 11 is 0. The van der Waals surface area contributed by atoms with Crippen molar-refractivity contribution in [2.24, 2.45) is 7.05 Å². The van der Waals surface area contributed by atoms with Crippen LogP contribution in [0, 0.1) is 0 Å². The lowest BCUT2D eigenvalue weighted by Crippen LogP contribution is -2.50. The molecule has 0 spiro atoms. The fraction of sp³-hybridized carbons (Fsp3) is 0.308. The Hall–Kier alpha value is -3.74. The van der Waals surface area contributed by atoms with Crippen LogP contribution in [0.25, 0.3) is 16.5 Å². The molecule has 7 nitrogen and oxygen atoms in total. The molecular formula is C26H27N3O4. The third-order valence-electron chi connectivity index (χ3n) is 6.32. The lowest BCUT2D eigenvalue weighted by molar-refractivity contribution is -0.135. The van der Waals surface area contributed by atoms with Gasteiger partial charge >= 0.3 is 0 Å². The van der Waals surface area contributed by atoms with Crippen molar-refractivity contribution in [2.75, 3.05) is 19.9 Å². The lowest BCUT2D eigenvalue weighted by atomic mass is 9.98. The minimum Gasteiger partial charge on any atom is -0.454 e. The van der Waals surface area contributed by atoms with Crippen molar-refractivity contribution in [3.63, 3.8) is 0 Å². The van der Waals surface area contributed by atoms with E-state index >= 15 is 0 Å². The number of amides is 2. The number of carbonyl (C=O) groups excluding carboxylic acids is 2. The minimum absolute atomic E-state index is 0.0731. The van der Waals surface area contributed by atoms with Gasteiger partial charge in [-0.05, 0) is 35.8 Å². The van der Waals surface area contributed by atoms with Crippen LogP contribution in [-0.4, -0.2) is 47.2 Å². The van der Waals surface area contributed by atoms with Gasteiger partial charge < -0.3 is 24.3 Å². The van der Waals surface area contributed by atoms with Crippen molar-refractivity contribution >= 4 is 28.3 Å². The zero-order valence-electron chi connectivity index (χ0n) is 18.8. The number of ether oxygens (including phenoxy) is 2. The average Bonchev–Trinajstić information content (AvgIpc) is 3.42. The van der Waals surface area contributed by atoms with E-state index in [9.17, 15) is 9.59 Å². The molecule has 0 aliphatic carbocycles. The van der Waals surface area contributed by atoms with E-state index in [1.807, 2.05) is 29.2 Å². The Labute approximate surface area is 192 Å². The van der Waals surface area contributed by atoms with Crippen LogP contribution in [0.5, 0.6) is 11.5 Å². The third kappa shape index (κ3) is 4.18. The van der Waals surface area contributed by atoms with E-state index < -0.39 is 6.04 Å². The van der Waals surface area contributed by atoms with Crippen LogP contribution in [0.4, 0.5) is 0 Å². The maximum Gasteiger partial charge on any atom is 0.245 e. The molecule has 0 radical (unpaired) electrons. The predicted molar refractivity (Wildman–Crippen MR) is 126 cm³/mol. The van der Waals surface area contributed by atoms with E-state index in [-0.39, 0.29) is 18.6 Å². The fourth-order valence-corrected chi connectivity index (χ4v) is 4.68. The van der Waals surface area contributed by atoms with Crippen LogP contribution in [0.3, 0.4) is 0 Å². The van der Waals surface area contributed by atoms with Crippen molar-refractivity contribution in [3.8, 4) is 11.5 Å². The number of rotatable bonds is 5. The average molecular weight is 446 g/mol. The van der Waals surface area contributed by atoms with Crippen LogP contribution in [-0.2, 0) is 23.1 Å². The molecule has 2 amide bonds. The topological polar surface area (TPSA) is 72.8 Å². The Morgan fingerprint density at radius 3 is 2.73 bits per heavy atom. The first-order chi connectivity index (χ1) is 16.0. The molecular weight excluding hydrogens is 418 g/mol. The minimum atomic E-state index is -0.629. The molecule has 1 atom stereocenters. The molecule has 33 heavy (non-hydrogen) atoms. The molecule has 2 aliphatic heterocycles. The van der Waals surface area contributed by atoms with Gasteiger partial charge in [0.05, 0.1) is 0 Å². The number of hydrogen-bond donors (Lipinski definition) is 1. The van der Waals surface area contributed by atoms with Crippen molar-refractivity contribution in [2.45, 2.75) is 25.8 Å². The van der Waals surface area contributed by atoms with Gasteiger partial charge in [-0.15, -0.1) is 0 Å². The fourth-order valence-electron chi connectivity index (χ4n) is 4.68. The van der Waals surface area contributed by atoms with E-state index in [2.05, 4.69) is 47.4 Å². The highest BCUT2D eigenvalue weighted by atomic mass is 16.7. The standard InChI is InChI=1S/C26H27N3O4/c1-17(30)27-22(13-18-7-8-24-25(14-18)33-16-32-24)26(31)29-11-9-19(10-12-29)21-15-28(2)23-6-4-3-5-20(21)23/h3-9,14-15,22H,10-13,16H2,1-2H3,(H,27,30). The number of aromatic nitrogens is 1. The zero-order valence-corrected chi connectivity index (χ0v) is 18.8. The molecule has 1 unspecified atom stereocenters. The van der Waals surface area contributed by atoms with Crippen LogP contribution in [0.15, 0.2) is 54.7 Å². The van der Waals surface area contributed by atoms with Gasteiger partial charge in [0.2, 0.25) is 18.6 Å². The second-order valence-corrected chi connectivity index (χ2v) is 8.58.